The van der Waals surface area contributed by atoms with E-state index in [0.717, 1.165) is 25.4 Å². The predicted molar refractivity (Wildman–Crippen MR) is 84.2 cm³/mol. The summed E-state index contributed by atoms with van der Waals surface area (Å²) in [5.41, 5.74) is 1.29. The van der Waals surface area contributed by atoms with Crippen LogP contribution in [0.1, 0.15) is 38.7 Å². The fourth-order valence-electron chi connectivity index (χ4n) is 3.02. The van der Waals surface area contributed by atoms with Crippen molar-refractivity contribution in [1.82, 2.24) is 10.2 Å². The molecule has 0 amide bonds. The molecule has 0 saturated carbocycles. The van der Waals surface area contributed by atoms with Crippen LogP contribution in [0, 0.1) is 0 Å². The number of methoxy groups -OCH3 is 1. The second kappa shape index (κ2) is 7.65. The molecule has 112 valence electrons. The van der Waals surface area contributed by atoms with Gasteiger partial charge in [-0.15, -0.1) is 0 Å². The van der Waals surface area contributed by atoms with Gasteiger partial charge < -0.3 is 10.1 Å². The van der Waals surface area contributed by atoms with Gasteiger partial charge in [0, 0.05) is 30.7 Å². The summed E-state index contributed by atoms with van der Waals surface area (Å²) in [4.78, 5) is 2.60. The summed E-state index contributed by atoms with van der Waals surface area (Å²) < 4.78 is 5.49. The van der Waals surface area contributed by atoms with E-state index in [2.05, 4.69) is 42.3 Å². The van der Waals surface area contributed by atoms with E-state index in [1.807, 2.05) is 6.07 Å². The van der Waals surface area contributed by atoms with Crippen molar-refractivity contribution in [3.8, 4) is 5.75 Å². The average molecular weight is 276 g/mol. The lowest BCUT2D eigenvalue weighted by Gasteiger charge is -2.29. The second-order valence-electron chi connectivity index (χ2n) is 5.82. The summed E-state index contributed by atoms with van der Waals surface area (Å²) in [5, 5.41) is 3.68. The van der Waals surface area contributed by atoms with Crippen LogP contribution in [0.2, 0.25) is 0 Å². The van der Waals surface area contributed by atoms with Crippen molar-refractivity contribution in [2.24, 2.45) is 0 Å². The molecular formula is C17H28N2O. The highest BCUT2D eigenvalue weighted by Gasteiger charge is 2.23. The zero-order valence-electron chi connectivity index (χ0n) is 13.1. The number of hydrogen-bond donors (Lipinski definition) is 1. The van der Waals surface area contributed by atoms with Crippen LogP contribution in [0.4, 0.5) is 0 Å². The third-order valence-electron chi connectivity index (χ3n) is 4.28. The van der Waals surface area contributed by atoms with E-state index in [-0.39, 0.29) is 0 Å². The molecule has 1 fully saturated rings. The van der Waals surface area contributed by atoms with Crippen molar-refractivity contribution in [3.05, 3.63) is 29.8 Å². The Morgan fingerprint density at radius 1 is 1.35 bits per heavy atom. The van der Waals surface area contributed by atoms with Gasteiger partial charge in [0.05, 0.1) is 7.11 Å². The van der Waals surface area contributed by atoms with Gasteiger partial charge in [0.25, 0.3) is 0 Å². The highest BCUT2D eigenvalue weighted by molar-refractivity contribution is 5.33. The Hall–Kier alpha value is -1.06. The molecule has 1 aromatic rings. The molecule has 1 saturated heterocycles. The Labute approximate surface area is 123 Å². The quantitative estimate of drug-likeness (QED) is 0.894. The Bertz CT molecular complexity index is 408. The minimum absolute atomic E-state index is 0.620. The topological polar surface area (TPSA) is 24.5 Å². The molecule has 2 atom stereocenters. The summed E-state index contributed by atoms with van der Waals surface area (Å²) in [6.07, 6.45) is 3.72. The normalized spacial score (nSPS) is 24.4. The van der Waals surface area contributed by atoms with E-state index in [1.54, 1.807) is 7.11 Å². The highest BCUT2D eigenvalue weighted by atomic mass is 16.5. The minimum atomic E-state index is 0.620. The monoisotopic (exact) mass is 276 g/mol. The Balaban J connectivity index is 2.08. The number of nitrogens with zero attached hydrogens (tertiary/aromatic N) is 1. The van der Waals surface area contributed by atoms with Crippen LogP contribution in [-0.2, 0) is 6.54 Å². The van der Waals surface area contributed by atoms with Gasteiger partial charge in [0.1, 0.15) is 5.75 Å². The number of hydrogen-bond acceptors (Lipinski definition) is 3. The van der Waals surface area contributed by atoms with Crippen LogP contribution in [0.25, 0.3) is 0 Å². The summed E-state index contributed by atoms with van der Waals surface area (Å²) >= 11 is 0. The van der Waals surface area contributed by atoms with Gasteiger partial charge in [0.15, 0.2) is 0 Å². The highest BCUT2D eigenvalue weighted by Crippen LogP contribution is 2.22. The van der Waals surface area contributed by atoms with Crippen molar-refractivity contribution in [3.63, 3.8) is 0 Å². The standard InChI is InChI=1S/C17H28N2O/c1-4-7-16-13-19(14(2)10-11-18-16)12-15-8-5-6-9-17(15)20-3/h5-6,8-9,14,16,18H,4,7,10-13H2,1-3H3. The van der Waals surface area contributed by atoms with Crippen molar-refractivity contribution in [2.75, 3.05) is 20.2 Å². The first-order chi connectivity index (χ1) is 9.74. The maximum Gasteiger partial charge on any atom is 0.123 e. The van der Waals surface area contributed by atoms with Crippen LogP contribution in [-0.4, -0.2) is 37.2 Å². The largest absolute Gasteiger partial charge is 0.496 e. The van der Waals surface area contributed by atoms with Crippen molar-refractivity contribution >= 4 is 0 Å². The molecule has 0 spiro atoms. The zero-order chi connectivity index (χ0) is 14.4. The molecule has 1 heterocycles. The van der Waals surface area contributed by atoms with E-state index in [0.29, 0.717) is 12.1 Å². The Morgan fingerprint density at radius 2 is 2.15 bits per heavy atom. The summed E-state index contributed by atoms with van der Waals surface area (Å²) in [7, 11) is 1.76. The van der Waals surface area contributed by atoms with Crippen LogP contribution < -0.4 is 10.1 Å². The predicted octanol–water partition coefficient (Wildman–Crippen LogP) is 3.05. The SMILES string of the molecule is CCCC1CN(Cc2ccccc2OC)C(C)CCN1. The zero-order valence-corrected chi connectivity index (χ0v) is 13.1. The number of benzene rings is 1. The van der Waals surface area contributed by atoms with Gasteiger partial charge >= 0.3 is 0 Å². The lowest BCUT2D eigenvalue weighted by Crippen LogP contribution is -2.39. The summed E-state index contributed by atoms with van der Waals surface area (Å²) in [5.74, 6) is 1.00. The molecule has 20 heavy (non-hydrogen) atoms. The molecule has 3 nitrogen and oxygen atoms in total. The van der Waals surface area contributed by atoms with Crippen LogP contribution in [0.15, 0.2) is 24.3 Å². The molecule has 0 aromatic heterocycles. The first-order valence-electron chi connectivity index (χ1n) is 7.84. The second-order valence-corrected chi connectivity index (χ2v) is 5.82. The molecule has 1 aliphatic heterocycles. The number of para-hydroxylation sites is 1. The fourth-order valence-corrected chi connectivity index (χ4v) is 3.02. The number of ether oxygens (including phenoxy) is 1. The van der Waals surface area contributed by atoms with Gasteiger partial charge in [-0.2, -0.15) is 0 Å². The molecular weight excluding hydrogens is 248 g/mol. The van der Waals surface area contributed by atoms with Gasteiger partial charge in [-0.3, -0.25) is 4.90 Å². The Kier molecular flexibility index (Phi) is 5.86. The van der Waals surface area contributed by atoms with Gasteiger partial charge in [-0.05, 0) is 32.4 Å². The third kappa shape index (κ3) is 3.97. The first kappa shape index (κ1) is 15.3. The van der Waals surface area contributed by atoms with E-state index < -0.39 is 0 Å². The lowest BCUT2D eigenvalue weighted by atomic mass is 10.1. The fraction of sp³-hybridized carbons (Fsp3) is 0.647. The molecule has 2 rings (SSSR count). The molecule has 2 unspecified atom stereocenters. The smallest absolute Gasteiger partial charge is 0.123 e. The maximum absolute atomic E-state index is 5.49. The van der Waals surface area contributed by atoms with E-state index >= 15 is 0 Å². The minimum Gasteiger partial charge on any atom is -0.496 e. The van der Waals surface area contributed by atoms with Crippen LogP contribution in [0.5, 0.6) is 5.75 Å². The van der Waals surface area contributed by atoms with Crippen LogP contribution in [0.3, 0.4) is 0 Å². The summed E-state index contributed by atoms with van der Waals surface area (Å²) in [6, 6.07) is 9.62. The number of nitrogens with one attached hydrogen (secondary N) is 1. The molecule has 3 heteroatoms. The first-order valence-corrected chi connectivity index (χ1v) is 7.84. The van der Waals surface area contributed by atoms with E-state index in [9.17, 15) is 0 Å². The van der Waals surface area contributed by atoms with Crippen molar-refractivity contribution in [2.45, 2.75) is 51.7 Å². The summed E-state index contributed by atoms with van der Waals surface area (Å²) in [6.45, 7) is 7.85. The van der Waals surface area contributed by atoms with Gasteiger partial charge in [0.2, 0.25) is 0 Å². The van der Waals surface area contributed by atoms with Gasteiger partial charge in [-0.1, -0.05) is 31.5 Å². The molecule has 0 aliphatic carbocycles. The van der Waals surface area contributed by atoms with E-state index in [1.165, 1.54) is 24.8 Å². The van der Waals surface area contributed by atoms with Crippen LogP contribution >= 0.6 is 0 Å². The lowest BCUT2D eigenvalue weighted by molar-refractivity contribution is 0.191. The molecule has 0 bridgehead atoms. The van der Waals surface area contributed by atoms with Crippen molar-refractivity contribution in [1.29, 1.82) is 0 Å². The maximum atomic E-state index is 5.49. The Morgan fingerprint density at radius 3 is 2.90 bits per heavy atom. The van der Waals surface area contributed by atoms with Crippen molar-refractivity contribution < 1.29 is 4.74 Å². The molecule has 0 radical (unpaired) electrons. The van der Waals surface area contributed by atoms with Gasteiger partial charge in [-0.25, -0.2) is 0 Å². The van der Waals surface area contributed by atoms with E-state index in [4.69, 9.17) is 4.74 Å². The third-order valence-corrected chi connectivity index (χ3v) is 4.28. The average Bonchev–Trinajstić information content (AvgIpc) is 2.62. The number of rotatable bonds is 5. The molecule has 1 N–H and O–H groups in total. The molecule has 1 aromatic carbocycles. The molecule has 1 aliphatic rings.